The number of piperazine rings is 1. The van der Waals surface area contributed by atoms with Crippen LogP contribution in [-0.2, 0) is 19.5 Å². The van der Waals surface area contributed by atoms with E-state index in [2.05, 4.69) is 0 Å². The quantitative estimate of drug-likeness (QED) is 0.721. The summed E-state index contributed by atoms with van der Waals surface area (Å²) in [5.41, 5.74) is 0.422. The number of carbonyl (C=O) groups excluding carboxylic acids is 2. The van der Waals surface area contributed by atoms with E-state index in [-0.39, 0.29) is 16.9 Å². The van der Waals surface area contributed by atoms with Gasteiger partial charge < -0.3 is 19.3 Å². The van der Waals surface area contributed by atoms with Gasteiger partial charge in [0.2, 0.25) is 10.0 Å². The third kappa shape index (κ3) is 4.45. The normalized spacial score (nSPS) is 18.8. The Labute approximate surface area is 164 Å². The Morgan fingerprint density at radius 3 is 2.11 bits per heavy atom. The molecule has 3 rings (SSSR count). The topological polar surface area (TPSA) is 96.5 Å². The van der Waals surface area contributed by atoms with E-state index in [0.29, 0.717) is 64.7 Å². The van der Waals surface area contributed by atoms with E-state index in [1.165, 1.54) is 28.6 Å². The molecule has 0 N–H and O–H groups in total. The summed E-state index contributed by atoms with van der Waals surface area (Å²) in [5, 5.41) is 0. The molecule has 28 heavy (non-hydrogen) atoms. The maximum atomic E-state index is 12.7. The summed E-state index contributed by atoms with van der Waals surface area (Å²) in [4.78, 5) is 27.8. The SMILES string of the molecule is CCOC(=O)N1CCN(C(=O)c2ccc(S(=O)(=O)N3CCOCC3)cc2)CC1. The summed E-state index contributed by atoms with van der Waals surface area (Å²) in [7, 11) is -3.58. The number of morpholine rings is 1. The zero-order valence-corrected chi connectivity index (χ0v) is 16.7. The predicted octanol–water partition coefficient (Wildman–Crippen LogP) is 0.622. The van der Waals surface area contributed by atoms with Crippen LogP contribution in [0.5, 0.6) is 0 Å². The highest BCUT2D eigenvalue weighted by molar-refractivity contribution is 7.89. The summed E-state index contributed by atoms with van der Waals surface area (Å²) in [6.07, 6.45) is -0.368. The largest absolute Gasteiger partial charge is 0.450 e. The second-order valence-electron chi connectivity index (χ2n) is 6.52. The number of benzene rings is 1. The first-order valence-electron chi connectivity index (χ1n) is 9.32. The molecule has 0 radical (unpaired) electrons. The number of carbonyl (C=O) groups is 2. The van der Waals surface area contributed by atoms with Gasteiger partial charge in [-0.1, -0.05) is 0 Å². The van der Waals surface area contributed by atoms with E-state index in [0.717, 1.165) is 0 Å². The van der Waals surface area contributed by atoms with Crippen LogP contribution in [0.25, 0.3) is 0 Å². The van der Waals surface area contributed by atoms with E-state index in [1.54, 1.807) is 16.7 Å². The van der Waals surface area contributed by atoms with Crippen molar-refractivity contribution in [1.29, 1.82) is 0 Å². The lowest BCUT2D eigenvalue weighted by atomic mass is 10.2. The van der Waals surface area contributed by atoms with Gasteiger partial charge in [0.25, 0.3) is 5.91 Å². The second kappa shape index (κ2) is 8.89. The van der Waals surface area contributed by atoms with Crippen molar-refractivity contribution in [2.75, 3.05) is 59.1 Å². The van der Waals surface area contributed by atoms with Crippen molar-refractivity contribution in [3.63, 3.8) is 0 Å². The Balaban J connectivity index is 1.62. The Kier molecular flexibility index (Phi) is 6.53. The van der Waals surface area contributed by atoms with Crippen LogP contribution in [0.4, 0.5) is 4.79 Å². The summed E-state index contributed by atoms with van der Waals surface area (Å²) < 4.78 is 36.9. The fourth-order valence-electron chi connectivity index (χ4n) is 3.19. The molecule has 2 amide bonds. The summed E-state index contributed by atoms with van der Waals surface area (Å²) in [6, 6.07) is 6.00. The van der Waals surface area contributed by atoms with Crippen LogP contribution >= 0.6 is 0 Å². The van der Waals surface area contributed by atoms with Crippen molar-refractivity contribution in [2.24, 2.45) is 0 Å². The fraction of sp³-hybridized carbons (Fsp3) is 0.556. The molecule has 0 bridgehead atoms. The zero-order valence-electron chi connectivity index (χ0n) is 15.9. The van der Waals surface area contributed by atoms with Crippen molar-refractivity contribution in [3.05, 3.63) is 29.8 Å². The van der Waals surface area contributed by atoms with Gasteiger partial charge in [0.1, 0.15) is 0 Å². The van der Waals surface area contributed by atoms with Crippen LogP contribution in [0.2, 0.25) is 0 Å². The molecule has 0 unspecified atom stereocenters. The standard InChI is InChI=1S/C18H25N3O6S/c1-2-27-18(23)20-9-7-19(8-10-20)17(22)15-3-5-16(6-4-15)28(24,25)21-11-13-26-14-12-21/h3-6H,2,7-14H2,1H3. The third-order valence-electron chi connectivity index (χ3n) is 4.80. The number of hydrogen-bond acceptors (Lipinski definition) is 6. The minimum absolute atomic E-state index is 0.165. The third-order valence-corrected chi connectivity index (χ3v) is 6.71. The molecule has 1 aromatic carbocycles. The van der Waals surface area contributed by atoms with Crippen LogP contribution in [-0.4, -0.2) is 93.6 Å². The van der Waals surface area contributed by atoms with Gasteiger partial charge in [-0.25, -0.2) is 13.2 Å². The average molecular weight is 411 g/mol. The van der Waals surface area contributed by atoms with Gasteiger partial charge in [-0.2, -0.15) is 4.31 Å². The van der Waals surface area contributed by atoms with Gasteiger partial charge in [0, 0.05) is 44.8 Å². The summed E-state index contributed by atoms with van der Waals surface area (Å²) in [6.45, 7) is 5.13. The molecule has 10 heteroatoms. The molecule has 0 saturated carbocycles. The molecule has 2 aliphatic rings. The van der Waals surface area contributed by atoms with Crippen molar-refractivity contribution in [3.8, 4) is 0 Å². The minimum atomic E-state index is -3.58. The molecular formula is C18H25N3O6S. The molecule has 0 aromatic heterocycles. The number of rotatable bonds is 4. The highest BCUT2D eigenvalue weighted by atomic mass is 32.2. The molecule has 2 aliphatic heterocycles. The minimum Gasteiger partial charge on any atom is -0.450 e. The lowest BCUT2D eigenvalue weighted by Gasteiger charge is -2.34. The van der Waals surface area contributed by atoms with E-state index in [9.17, 15) is 18.0 Å². The van der Waals surface area contributed by atoms with Gasteiger partial charge in [-0.15, -0.1) is 0 Å². The van der Waals surface area contributed by atoms with Gasteiger partial charge in [-0.3, -0.25) is 4.79 Å². The van der Waals surface area contributed by atoms with E-state index >= 15 is 0 Å². The molecular weight excluding hydrogens is 386 g/mol. The molecule has 0 aliphatic carbocycles. The number of hydrogen-bond donors (Lipinski definition) is 0. The number of amides is 2. The molecule has 0 atom stereocenters. The van der Waals surface area contributed by atoms with Gasteiger partial charge in [0.05, 0.1) is 24.7 Å². The molecule has 2 fully saturated rings. The second-order valence-corrected chi connectivity index (χ2v) is 8.46. The molecule has 2 heterocycles. The van der Waals surface area contributed by atoms with E-state index < -0.39 is 10.0 Å². The maximum Gasteiger partial charge on any atom is 0.409 e. The van der Waals surface area contributed by atoms with Crippen LogP contribution < -0.4 is 0 Å². The Morgan fingerprint density at radius 1 is 0.964 bits per heavy atom. The van der Waals surface area contributed by atoms with Crippen LogP contribution in [0.3, 0.4) is 0 Å². The van der Waals surface area contributed by atoms with Gasteiger partial charge >= 0.3 is 6.09 Å². The van der Waals surface area contributed by atoms with Crippen molar-refractivity contribution in [2.45, 2.75) is 11.8 Å². The lowest BCUT2D eigenvalue weighted by molar-refractivity contribution is 0.0570. The molecule has 1 aromatic rings. The molecule has 0 spiro atoms. The smallest absolute Gasteiger partial charge is 0.409 e. The molecule has 2 saturated heterocycles. The van der Waals surface area contributed by atoms with Crippen molar-refractivity contribution < 1.29 is 27.5 Å². The lowest BCUT2D eigenvalue weighted by Crippen LogP contribution is -2.50. The highest BCUT2D eigenvalue weighted by Gasteiger charge is 2.28. The van der Waals surface area contributed by atoms with E-state index in [1.807, 2.05) is 0 Å². The first-order valence-corrected chi connectivity index (χ1v) is 10.8. The van der Waals surface area contributed by atoms with Crippen LogP contribution in [0.1, 0.15) is 17.3 Å². The average Bonchev–Trinajstić information content (AvgIpc) is 2.74. The summed E-state index contributed by atoms with van der Waals surface area (Å²) in [5.74, 6) is -0.182. The van der Waals surface area contributed by atoms with Crippen molar-refractivity contribution >= 4 is 22.0 Å². The molecule has 154 valence electrons. The fourth-order valence-corrected chi connectivity index (χ4v) is 4.60. The maximum absolute atomic E-state index is 12.7. The Bertz CT molecular complexity index is 797. The highest BCUT2D eigenvalue weighted by Crippen LogP contribution is 2.19. The predicted molar refractivity (Wildman–Crippen MR) is 101 cm³/mol. The first-order chi connectivity index (χ1) is 13.4. The Morgan fingerprint density at radius 2 is 1.54 bits per heavy atom. The Hall–Kier alpha value is -2.17. The number of ether oxygens (including phenoxy) is 2. The number of nitrogens with zero attached hydrogens (tertiary/aromatic N) is 3. The summed E-state index contributed by atoms with van der Waals surface area (Å²) >= 11 is 0. The molecule has 9 nitrogen and oxygen atoms in total. The van der Waals surface area contributed by atoms with Gasteiger partial charge in [0.15, 0.2) is 0 Å². The van der Waals surface area contributed by atoms with Crippen molar-refractivity contribution in [1.82, 2.24) is 14.1 Å². The van der Waals surface area contributed by atoms with Gasteiger partial charge in [-0.05, 0) is 31.2 Å². The zero-order chi connectivity index (χ0) is 20.1. The van der Waals surface area contributed by atoms with E-state index in [4.69, 9.17) is 9.47 Å². The van der Waals surface area contributed by atoms with Crippen LogP contribution in [0.15, 0.2) is 29.2 Å². The van der Waals surface area contributed by atoms with Crippen LogP contribution in [0, 0.1) is 0 Å². The number of sulfonamides is 1. The first kappa shape index (κ1) is 20.6. The monoisotopic (exact) mass is 411 g/mol.